The van der Waals surface area contributed by atoms with Gasteiger partial charge in [-0.2, -0.15) is 0 Å². The van der Waals surface area contributed by atoms with Gasteiger partial charge in [0.15, 0.2) is 0 Å². The van der Waals surface area contributed by atoms with Crippen LogP contribution in [0.3, 0.4) is 0 Å². The summed E-state index contributed by atoms with van der Waals surface area (Å²) in [5.41, 5.74) is 0.695. The van der Waals surface area contributed by atoms with Crippen molar-refractivity contribution in [1.82, 2.24) is 14.9 Å². The van der Waals surface area contributed by atoms with E-state index in [1.165, 1.54) is 0 Å². The summed E-state index contributed by atoms with van der Waals surface area (Å²) in [5, 5.41) is 6.41. The van der Waals surface area contributed by atoms with Crippen LogP contribution in [0, 0.1) is 6.92 Å². The second kappa shape index (κ2) is 3.43. The van der Waals surface area contributed by atoms with Crippen LogP contribution in [-0.4, -0.2) is 22.0 Å². The Morgan fingerprint density at radius 1 is 1.73 bits per heavy atom. The van der Waals surface area contributed by atoms with E-state index in [2.05, 4.69) is 14.9 Å². The van der Waals surface area contributed by atoms with Crippen LogP contribution >= 0.6 is 11.5 Å². The van der Waals surface area contributed by atoms with Gasteiger partial charge >= 0.3 is 0 Å². The fraction of sp³-hybridized carbons (Fsp3) is 0.500. The van der Waals surface area contributed by atoms with Crippen molar-refractivity contribution in [2.45, 2.75) is 13.8 Å². The Morgan fingerprint density at radius 3 is 2.91 bits per heavy atom. The van der Waals surface area contributed by atoms with Gasteiger partial charge < -0.3 is 5.32 Å². The Bertz CT molecular complexity index is 258. The quantitative estimate of drug-likeness (QED) is 0.708. The Morgan fingerprint density at radius 2 is 2.45 bits per heavy atom. The summed E-state index contributed by atoms with van der Waals surface area (Å²) < 4.78 is 3.66. The van der Waals surface area contributed by atoms with Crippen molar-refractivity contribution in [3.63, 3.8) is 0 Å². The van der Waals surface area contributed by atoms with Gasteiger partial charge in [-0.05, 0) is 25.4 Å². The summed E-state index contributed by atoms with van der Waals surface area (Å²) in [6.45, 7) is 4.28. The summed E-state index contributed by atoms with van der Waals surface area (Å²) in [5.74, 6) is -0.0833. The molecule has 4 nitrogen and oxygen atoms in total. The minimum Gasteiger partial charge on any atom is -0.352 e. The Labute approximate surface area is 68.8 Å². The van der Waals surface area contributed by atoms with Gasteiger partial charge in [-0.15, -0.1) is 5.10 Å². The lowest BCUT2D eigenvalue weighted by Crippen LogP contribution is -2.22. The number of amides is 1. The van der Waals surface area contributed by atoms with Crippen LogP contribution in [0.4, 0.5) is 0 Å². The molecule has 0 fully saturated rings. The van der Waals surface area contributed by atoms with E-state index in [-0.39, 0.29) is 5.91 Å². The van der Waals surface area contributed by atoms with Crippen molar-refractivity contribution < 1.29 is 4.79 Å². The van der Waals surface area contributed by atoms with Gasteiger partial charge in [0, 0.05) is 6.54 Å². The molecule has 60 valence electrons. The van der Waals surface area contributed by atoms with Crippen molar-refractivity contribution in [3.05, 3.63) is 10.6 Å². The monoisotopic (exact) mass is 171 g/mol. The maximum atomic E-state index is 11.1. The van der Waals surface area contributed by atoms with Crippen LogP contribution in [0.2, 0.25) is 0 Å². The molecule has 0 aliphatic rings. The molecule has 0 radical (unpaired) electrons. The molecule has 0 saturated carbocycles. The van der Waals surface area contributed by atoms with E-state index in [0.29, 0.717) is 17.1 Å². The van der Waals surface area contributed by atoms with Crippen LogP contribution in [-0.2, 0) is 0 Å². The summed E-state index contributed by atoms with van der Waals surface area (Å²) in [6, 6.07) is 0. The van der Waals surface area contributed by atoms with Crippen LogP contribution in [0.5, 0.6) is 0 Å². The molecule has 0 saturated heterocycles. The molecular formula is C6H9N3OS. The first kappa shape index (κ1) is 8.13. The number of nitrogens with one attached hydrogen (secondary N) is 1. The van der Waals surface area contributed by atoms with Crippen LogP contribution in [0.15, 0.2) is 0 Å². The molecule has 1 N–H and O–H groups in total. The molecule has 0 aromatic carbocycles. The standard InChI is InChI=1S/C6H9N3OS/c1-3-7-6(10)5-4(2)8-9-11-5/h3H2,1-2H3,(H,7,10). The van der Waals surface area contributed by atoms with E-state index in [4.69, 9.17) is 0 Å². The Hall–Kier alpha value is -0.970. The van der Waals surface area contributed by atoms with E-state index in [9.17, 15) is 4.79 Å². The molecule has 1 aromatic heterocycles. The van der Waals surface area contributed by atoms with Gasteiger partial charge in [0.2, 0.25) is 0 Å². The predicted octanol–water partition coefficient (Wildman–Crippen LogP) is 0.596. The first-order valence-electron chi connectivity index (χ1n) is 3.33. The zero-order valence-corrected chi connectivity index (χ0v) is 7.23. The van der Waals surface area contributed by atoms with Gasteiger partial charge in [-0.3, -0.25) is 4.79 Å². The highest BCUT2D eigenvalue weighted by Crippen LogP contribution is 2.07. The highest BCUT2D eigenvalue weighted by atomic mass is 32.1. The molecule has 0 unspecified atom stereocenters. The van der Waals surface area contributed by atoms with Gasteiger partial charge in [0.1, 0.15) is 4.88 Å². The lowest BCUT2D eigenvalue weighted by Gasteiger charge is -1.96. The van der Waals surface area contributed by atoms with Crippen LogP contribution < -0.4 is 5.32 Å². The topological polar surface area (TPSA) is 54.9 Å². The fourth-order valence-corrected chi connectivity index (χ4v) is 1.25. The first-order valence-corrected chi connectivity index (χ1v) is 4.10. The highest BCUT2D eigenvalue weighted by molar-refractivity contribution is 7.07. The average Bonchev–Trinajstić information content (AvgIpc) is 2.36. The van der Waals surface area contributed by atoms with Crippen molar-refractivity contribution in [2.24, 2.45) is 0 Å². The smallest absolute Gasteiger partial charge is 0.264 e. The molecular weight excluding hydrogens is 162 g/mol. The van der Waals surface area contributed by atoms with Crippen LogP contribution in [0.1, 0.15) is 22.3 Å². The summed E-state index contributed by atoms with van der Waals surface area (Å²) in [4.78, 5) is 11.7. The normalized spacial score (nSPS) is 9.64. The number of aromatic nitrogens is 2. The van der Waals surface area contributed by atoms with Crippen molar-refractivity contribution in [2.75, 3.05) is 6.54 Å². The molecule has 0 aliphatic heterocycles. The van der Waals surface area contributed by atoms with E-state index in [1.807, 2.05) is 6.92 Å². The second-order valence-corrected chi connectivity index (χ2v) is 2.80. The zero-order chi connectivity index (χ0) is 8.27. The Balaban J connectivity index is 2.76. The summed E-state index contributed by atoms with van der Waals surface area (Å²) >= 11 is 1.12. The molecule has 1 heterocycles. The predicted molar refractivity (Wildman–Crippen MR) is 42.7 cm³/mol. The number of nitrogens with zero attached hydrogens (tertiary/aromatic N) is 2. The maximum Gasteiger partial charge on any atom is 0.264 e. The van der Waals surface area contributed by atoms with Gasteiger partial charge in [-0.25, -0.2) is 0 Å². The van der Waals surface area contributed by atoms with Gasteiger partial charge in [0.05, 0.1) is 5.69 Å². The fourth-order valence-electron chi connectivity index (χ4n) is 0.681. The van der Waals surface area contributed by atoms with Crippen LogP contribution in [0.25, 0.3) is 0 Å². The van der Waals surface area contributed by atoms with E-state index >= 15 is 0 Å². The number of carbonyl (C=O) groups excluding carboxylic acids is 1. The highest BCUT2D eigenvalue weighted by Gasteiger charge is 2.10. The molecule has 1 aromatic rings. The molecule has 0 bridgehead atoms. The average molecular weight is 171 g/mol. The van der Waals surface area contributed by atoms with E-state index in [0.717, 1.165) is 11.5 Å². The maximum absolute atomic E-state index is 11.1. The number of rotatable bonds is 2. The number of carbonyl (C=O) groups is 1. The van der Waals surface area contributed by atoms with Crippen molar-refractivity contribution >= 4 is 17.4 Å². The lowest BCUT2D eigenvalue weighted by atomic mass is 10.4. The van der Waals surface area contributed by atoms with Gasteiger partial charge in [-0.1, -0.05) is 4.49 Å². The minimum atomic E-state index is -0.0833. The van der Waals surface area contributed by atoms with Crippen molar-refractivity contribution in [3.8, 4) is 0 Å². The third-order valence-corrected chi connectivity index (χ3v) is 2.02. The zero-order valence-electron chi connectivity index (χ0n) is 6.42. The molecule has 1 rings (SSSR count). The summed E-state index contributed by atoms with van der Waals surface area (Å²) in [7, 11) is 0. The number of hydrogen-bond donors (Lipinski definition) is 1. The molecule has 11 heavy (non-hydrogen) atoms. The SMILES string of the molecule is CCNC(=O)c1snnc1C. The number of aryl methyl sites for hydroxylation is 1. The third kappa shape index (κ3) is 1.74. The Kier molecular flexibility index (Phi) is 2.53. The minimum absolute atomic E-state index is 0.0833. The van der Waals surface area contributed by atoms with Crippen molar-refractivity contribution in [1.29, 1.82) is 0 Å². The van der Waals surface area contributed by atoms with Gasteiger partial charge in [0.25, 0.3) is 5.91 Å². The molecule has 0 atom stereocenters. The molecule has 0 aliphatic carbocycles. The summed E-state index contributed by atoms with van der Waals surface area (Å²) in [6.07, 6.45) is 0. The molecule has 0 spiro atoms. The molecule has 5 heteroatoms. The lowest BCUT2D eigenvalue weighted by molar-refractivity contribution is 0.0959. The van der Waals surface area contributed by atoms with E-state index in [1.54, 1.807) is 6.92 Å². The number of hydrogen-bond acceptors (Lipinski definition) is 4. The first-order chi connectivity index (χ1) is 5.25. The van der Waals surface area contributed by atoms with E-state index < -0.39 is 0 Å². The third-order valence-electron chi connectivity index (χ3n) is 1.20. The second-order valence-electron chi connectivity index (χ2n) is 2.05. The largest absolute Gasteiger partial charge is 0.352 e. The molecule has 1 amide bonds.